The average molecular weight is 700 g/mol. The molecule has 15 heteroatoms. The van der Waals surface area contributed by atoms with Crippen LogP contribution >= 0.6 is 22.7 Å². The van der Waals surface area contributed by atoms with Crippen LogP contribution in [0.1, 0.15) is 50.4 Å². The third kappa shape index (κ3) is 8.84. The number of carbonyl (C=O) groups excluding carboxylic acids is 1. The van der Waals surface area contributed by atoms with Crippen molar-refractivity contribution in [2.24, 2.45) is 5.92 Å². The Kier molecular flexibility index (Phi) is 12.1. The Morgan fingerprint density at radius 1 is 1.07 bits per heavy atom. The molecule has 0 fully saturated rings. The molecule has 2 N–H and O–H groups in total. The highest BCUT2D eigenvalue weighted by molar-refractivity contribution is 7.94. The fraction of sp³-hybridized carbons (Fsp3) is 0.500. The first kappa shape index (κ1) is 35.3. The zero-order valence-electron chi connectivity index (χ0n) is 25.8. The normalized spacial score (nSPS) is 21.5. The van der Waals surface area contributed by atoms with Crippen LogP contribution in [0.5, 0.6) is 5.75 Å². The van der Waals surface area contributed by atoms with Crippen molar-refractivity contribution >= 4 is 54.3 Å². The number of amides is 1. The number of anilines is 1. The molecule has 2 aromatic heterocycles. The Balaban J connectivity index is 1.67. The fourth-order valence-corrected chi connectivity index (χ4v) is 9.41. The van der Waals surface area contributed by atoms with E-state index in [0.29, 0.717) is 18.8 Å². The number of fused-ring (bicyclic) bond motifs is 1. The topological polar surface area (TPSA) is 143 Å². The Bertz CT molecular complexity index is 1610. The van der Waals surface area contributed by atoms with Crippen molar-refractivity contribution in [3.63, 3.8) is 0 Å². The van der Waals surface area contributed by atoms with Crippen LogP contribution in [-0.4, -0.2) is 88.7 Å². The maximum absolute atomic E-state index is 14.3. The van der Waals surface area contributed by atoms with Gasteiger partial charge in [-0.3, -0.25) is 9.52 Å². The summed E-state index contributed by atoms with van der Waals surface area (Å²) in [7, 11) is -6.08. The first-order valence-electron chi connectivity index (χ1n) is 14.7. The van der Waals surface area contributed by atoms with E-state index in [1.165, 1.54) is 28.4 Å². The highest BCUT2D eigenvalue weighted by atomic mass is 32.3. The molecule has 0 saturated heterocycles. The molecule has 4 atom stereocenters. The highest BCUT2D eigenvalue weighted by Crippen LogP contribution is 2.30. The van der Waals surface area contributed by atoms with Crippen LogP contribution in [0, 0.1) is 5.92 Å². The van der Waals surface area contributed by atoms with Crippen molar-refractivity contribution < 1.29 is 36.2 Å². The lowest BCUT2D eigenvalue weighted by molar-refractivity contribution is -0.00832. The summed E-state index contributed by atoms with van der Waals surface area (Å²) >= 11 is 2.22. The van der Waals surface area contributed by atoms with Gasteiger partial charge in [-0.25, -0.2) is 16.8 Å². The van der Waals surface area contributed by atoms with Gasteiger partial charge in [0, 0.05) is 38.3 Å². The van der Waals surface area contributed by atoms with E-state index in [1.807, 2.05) is 13.8 Å². The molecular formula is C30H41N3O8S4. The molecule has 1 aliphatic heterocycles. The molecule has 4 rings (SSSR count). The zero-order valence-corrected chi connectivity index (χ0v) is 29.1. The summed E-state index contributed by atoms with van der Waals surface area (Å²) in [5, 5.41) is 13.5. The Morgan fingerprint density at radius 3 is 2.40 bits per heavy atom. The summed E-state index contributed by atoms with van der Waals surface area (Å²) < 4.78 is 69.0. The number of aliphatic hydroxyl groups excluding tert-OH is 1. The summed E-state index contributed by atoms with van der Waals surface area (Å²) in [4.78, 5) is 15.8. The van der Waals surface area contributed by atoms with Crippen LogP contribution in [0.15, 0.2) is 61.6 Å². The molecule has 1 amide bonds. The molecule has 45 heavy (non-hydrogen) atoms. The molecule has 3 heterocycles. The second-order valence-corrected chi connectivity index (χ2v) is 17.3. The molecule has 1 aromatic carbocycles. The minimum atomic E-state index is -3.87. The van der Waals surface area contributed by atoms with Crippen LogP contribution in [0.3, 0.4) is 0 Å². The quantitative estimate of drug-likeness (QED) is 0.327. The van der Waals surface area contributed by atoms with E-state index >= 15 is 0 Å². The van der Waals surface area contributed by atoms with Crippen LogP contribution in [-0.2, 0) is 24.8 Å². The van der Waals surface area contributed by atoms with Gasteiger partial charge in [-0.05, 0) is 74.2 Å². The molecule has 0 aliphatic carbocycles. The lowest BCUT2D eigenvalue weighted by Crippen LogP contribution is -2.48. The van der Waals surface area contributed by atoms with E-state index in [2.05, 4.69) is 4.72 Å². The van der Waals surface area contributed by atoms with E-state index in [4.69, 9.17) is 9.47 Å². The molecule has 11 nitrogen and oxygen atoms in total. The van der Waals surface area contributed by atoms with Crippen LogP contribution in [0.2, 0.25) is 0 Å². The molecular weight excluding hydrogens is 659 g/mol. The number of hydrogen-bond acceptors (Lipinski definition) is 10. The van der Waals surface area contributed by atoms with Gasteiger partial charge in [0.05, 0.1) is 30.4 Å². The number of aliphatic hydroxyl groups is 1. The van der Waals surface area contributed by atoms with Gasteiger partial charge in [-0.1, -0.05) is 19.1 Å². The fourth-order valence-electron chi connectivity index (χ4n) is 4.99. The maximum Gasteiger partial charge on any atom is 0.271 e. The number of nitrogens with zero attached hydrogens (tertiary/aromatic N) is 2. The highest BCUT2D eigenvalue weighted by Gasteiger charge is 2.33. The number of nitrogens with one attached hydrogen (secondary N) is 1. The van der Waals surface area contributed by atoms with Crippen molar-refractivity contribution in [1.82, 2.24) is 9.21 Å². The number of carbonyl (C=O) groups is 1. The Labute approximate surface area is 273 Å². The van der Waals surface area contributed by atoms with E-state index in [0.717, 1.165) is 35.5 Å². The maximum atomic E-state index is 14.3. The lowest BCUT2D eigenvalue weighted by Gasteiger charge is -2.35. The predicted molar refractivity (Wildman–Crippen MR) is 176 cm³/mol. The minimum absolute atomic E-state index is 0.0711. The summed E-state index contributed by atoms with van der Waals surface area (Å²) in [5.74, 6) is -0.491. The molecule has 0 unspecified atom stereocenters. The Hall–Kier alpha value is -2.53. The number of likely N-dealkylation sites (N-methyl/N-ethyl adjacent to an activating group) is 1. The van der Waals surface area contributed by atoms with Gasteiger partial charge in [0.1, 0.15) is 14.2 Å². The van der Waals surface area contributed by atoms with Crippen LogP contribution in [0.25, 0.3) is 0 Å². The molecule has 0 spiro atoms. The third-order valence-corrected chi connectivity index (χ3v) is 13.6. The van der Waals surface area contributed by atoms with E-state index in [-0.39, 0.29) is 51.4 Å². The second-order valence-electron chi connectivity index (χ2n) is 11.3. The minimum Gasteiger partial charge on any atom is -0.490 e. The molecule has 1 aliphatic rings. The van der Waals surface area contributed by atoms with Crippen molar-refractivity contribution in [1.29, 1.82) is 0 Å². The van der Waals surface area contributed by atoms with Gasteiger partial charge >= 0.3 is 0 Å². The van der Waals surface area contributed by atoms with Gasteiger partial charge < -0.3 is 19.5 Å². The number of sulfonamides is 2. The van der Waals surface area contributed by atoms with E-state index < -0.39 is 38.1 Å². The number of ether oxygens (including phenoxy) is 2. The van der Waals surface area contributed by atoms with Gasteiger partial charge in [0.2, 0.25) is 0 Å². The predicted octanol–water partition coefficient (Wildman–Crippen LogP) is 4.73. The first-order valence-corrected chi connectivity index (χ1v) is 19.4. The van der Waals surface area contributed by atoms with Crippen molar-refractivity contribution in [3.8, 4) is 5.75 Å². The lowest BCUT2D eigenvalue weighted by atomic mass is 10.0. The van der Waals surface area contributed by atoms with E-state index in [9.17, 15) is 26.7 Å². The molecule has 0 saturated carbocycles. The average Bonchev–Trinajstić information content (AvgIpc) is 3.74. The van der Waals surface area contributed by atoms with Gasteiger partial charge in [-0.2, -0.15) is 4.31 Å². The largest absolute Gasteiger partial charge is 0.490 e. The van der Waals surface area contributed by atoms with Gasteiger partial charge in [0.15, 0.2) is 0 Å². The number of hydrogen-bond donors (Lipinski definition) is 2. The molecule has 0 radical (unpaired) electrons. The number of benzene rings is 1. The summed E-state index contributed by atoms with van der Waals surface area (Å²) in [6, 6.07) is 10.4. The molecule has 0 bridgehead atoms. The first-order chi connectivity index (χ1) is 21.3. The van der Waals surface area contributed by atoms with Gasteiger partial charge in [-0.15, -0.1) is 22.7 Å². The second kappa shape index (κ2) is 15.4. The Morgan fingerprint density at radius 2 is 1.76 bits per heavy atom. The number of rotatable bonds is 9. The molecule has 3 aromatic rings. The molecule has 248 valence electrons. The standard InChI is InChI=1S/C30H41N3O8S4/c1-21-18-33(22(2)20-34)30(35)25-17-24(31-44(36,37)28-10-7-15-42-28)12-13-26(25)41-23(3)9-5-6-14-40-27(21)19-32(4)45(38,39)29-11-8-16-43-29/h7-8,10-13,15-17,21-23,27,31,34H,5-6,9,14,18-20H2,1-4H3/t21-,22-,23+,27-/m0/s1. The van der Waals surface area contributed by atoms with Crippen LogP contribution < -0.4 is 9.46 Å². The number of thiophene rings is 2. The summed E-state index contributed by atoms with van der Waals surface area (Å²) in [6.45, 7) is 5.79. The SMILES string of the molecule is C[C@@H]1CCCCO[C@@H](CN(C)S(=O)(=O)c2cccs2)[C@@H](C)CN([C@@H](C)CO)C(=O)c2cc(NS(=O)(=O)c3cccs3)ccc2O1. The smallest absolute Gasteiger partial charge is 0.271 e. The third-order valence-electron chi connectivity index (χ3n) is 7.66. The monoisotopic (exact) mass is 699 g/mol. The van der Waals surface area contributed by atoms with Gasteiger partial charge in [0.25, 0.3) is 26.0 Å². The summed E-state index contributed by atoms with van der Waals surface area (Å²) in [6.07, 6.45) is 1.37. The van der Waals surface area contributed by atoms with Crippen molar-refractivity contribution in [2.45, 2.75) is 66.7 Å². The van der Waals surface area contributed by atoms with Crippen molar-refractivity contribution in [3.05, 3.63) is 58.8 Å². The van der Waals surface area contributed by atoms with E-state index in [1.54, 1.807) is 48.0 Å². The summed E-state index contributed by atoms with van der Waals surface area (Å²) in [5.41, 5.74) is 0.340. The zero-order chi connectivity index (χ0) is 32.8. The van der Waals surface area contributed by atoms with Crippen molar-refractivity contribution in [2.75, 3.05) is 38.1 Å². The van der Waals surface area contributed by atoms with Crippen LogP contribution in [0.4, 0.5) is 5.69 Å².